The average molecular weight is 417 g/mol. The van der Waals surface area contributed by atoms with E-state index in [9.17, 15) is 8.42 Å². The van der Waals surface area contributed by atoms with Gasteiger partial charge in [-0.05, 0) is 48.5 Å². The van der Waals surface area contributed by atoms with Crippen molar-refractivity contribution in [1.82, 2.24) is 19.6 Å². The Bertz CT molecular complexity index is 1450. The summed E-state index contributed by atoms with van der Waals surface area (Å²) in [6.45, 7) is 0. The summed E-state index contributed by atoms with van der Waals surface area (Å²) in [6.07, 6.45) is 1.60. The molecule has 0 aliphatic rings. The van der Waals surface area contributed by atoms with Crippen molar-refractivity contribution in [2.75, 3.05) is 4.72 Å². The van der Waals surface area contributed by atoms with Crippen LogP contribution in [0, 0.1) is 0 Å². The molecule has 9 heteroatoms. The Hall–Kier alpha value is -3.98. The van der Waals surface area contributed by atoms with Crippen molar-refractivity contribution >= 4 is 32.4 Å². The Balaban J connectivity index is 1.42. The molecule has 0 saturated carbocycles. The fraction of sp³-hybridized carbons (Fsp3) is 0. The highest BCUT2D eigenvalue weighted by Gasteiger charge is 2.15. The molecule has 3 aromatic carbocycles. The fourth-order valence-corrected chi connectivity index (χ4v) is 4.14. The number of rotatable bonds is 5. The van der Waals surface area contributed by atoms with Gasteiger partial charge in [-0.25, -0.2) is 13.4 Å². The minimum Gasteiger partial charge on any atom is -0.436 e. The smallest absolute Gasteiger partial charge is 0.266 e. The van der Waals surface area contributed by atoms with E-state index in [2.05, 4.69) is 19.9 Å². The van der Waals surface area contributed by atoms with Crippen molar-refractivity contribution in [3.8, 4) is 11.6 Å². The van der Waals surface area contributed by atoms with Crippen molar-refractivity contribution in [2.24, 2.45) is 0 Å². The highest BCUT2D eigenvalue weighted by atomic mass is 32.2. The molecule has 2 heterocycles. The number of sulfonamides is 1. The first-order valence-electron chi connectivity index (χ1n) is 9.04. The van der Waals surface area contributed by atoms with E-state index < -0.39 is 10.0 Å². The van der Waals surface area contributed by atoms with E-state index in [4.69, 9.17) is 4.74 Å². The zero-order valence-electron chi connectivity index (χ0n) is 15.5. The Morgan fingerprint density at radius 1 is 0.867 bits per heavy atom. The van der Waals surface area contributed by atoms with Crippen LogP contribution in [0.4, 0.5) is 5.69 Å². The number of anilines is 1. The molecule has 0 aliphatic heterocycles. The third-order valence-corrected chi connectivity index (χ3v) is 5.87. The van der Waals surface area contributed by atoms with E-state index in [1.165, 1.54) is 12.1 Å². The minimum absolute atomic E-state index is 0.194. The molecule has 5 rings (SSSR count). The van der Waals surface area contributed by atoms with Gasteiger partial charge in [0.15, 0.2) is 0 Å². The number of aromatic nitrogens is 4. The zero-order chi connectivity index (χ0) is 20.6. The number of nitrogens with one attached hydrogen (secondary N) is 1. The maximum Gasteiger partial charge on any atom is 0.266 e. The second-order valence-corrected chi connectivity index (χ2v) is 8.16. The lowest BCUT2D eigenvalue weighted by atomic mass is 10.3. The summed E-state index contributed by atoms with van der Waals surface area (Å²) in [7, 11) is -3.66. The molecular formula is C21H15N5O3S. The van der Waals surface area contributed by atoms with Crippen molar-refractivity contribution in [2.45, 2.75) is 4.90 Å². The number of fused-ring (bicyclic) bond motifs is 3. The lowest BCUT2D eigenvalue weighted by Crippen LogP contribution is -2.12. The van der Waals surface area contributed by atoms with Gasteiger partial charge >= 0.3 is 0 Å². The van der Waals surface area contributed by atoms with Gasteiger partial charge in [0.1, 0.15) is 12.1 Å². The quantitative estimate of drug-likeness (QED) is 0.466. The molecule has 1 N–H and O–H groups in total. The molecule has 148 valence electrons. The van der Waals surface area contributed by atoms with Gasteiger partial charge in [-0.2, -0.15) is 0 Å². The van der Waals surface area contributed by atoms with Crippen LogP contribution in [0.3, 0.4) is 0 Å². The summed E-state index contributed by atoms with van der Waals surface area (Å²) in [6, 6.07) is 22.4. The van der Waals surface area contributed by atoms with Gasteiger partial charge in [-0.15, -0.1) is 10.2 Å². The normalized spacial score (nSPS) is 11.6. The Kier molecular flexibility index (Phi) is 4.29. The zero-order valence-corrected chi connectivity index (χ0v) is 16.3. The second-order valence-electron chi connectivity index (χ2n) is 6.48. The van der Waals surface area contributed by atoms with Crippen molar-refractivity contribution in [3.05, 3.63) is 85.2 Å². The van der Waals surface area contributed by atoms with Crippen LogP contribution in [0.1, 0.15) is 0 Å². The summed E-state index contributed by atoms with van der Waals surface area (Å²) in [5.74, 6) is 0.800. The number of para-hydroxylation sites is 2. The molecule has 0 fully saturated rings. The van der Waals surface area contributed by atoms with Gasteiger partial charge < -0.3 is 4.74 Å². The maximum absolute atomic E-state index is 12.4. The van der Waals surface area contributed by atoms with E-state index in [1.807, 2.05) is 24.3 Å². The lowest BCUT2D eigenvalue weighted by Gasteiger charge is -2.10. The number of nitrogens with zero attached hydrogens (tertiary/aromatic N) is 4. The first-order valence-corrected chi connectivity index (χ1v) is 10.5. The van der Waals surface area contributed by atoms with Crippen molar-refractivity contribution < 1.29 is 13.2 Å². The summed E-state index contributed by atoms with van der Waals surface area (Å²) in [5.41, 5.74) is 2.52. The monoisotopic (exact) mass is 417 g/mol. The SMILES string of the molecule is O=S(=O)(Nc1ccc(Oc2nc3ccccc3n3cnnc23)cc1)c1ccccc1. The van der Waals surface area contributed by atoms with Crippen LogP contribution < -0.4 is 9.46 Å². The molecular weight excluding hydrogens is 402 g/mol. The van der Waals surface area contributed by atoms with Crippen LogP contribution in [0.2, 0.25) is 0 Å². The molecule has 0 radical (unpaired) electrons. The number of hydrogen-bond donors (Lipinski definition) is 1. The highest BCUT2D eigenvalue weighted by Crippen LogP contribution is 2.27. The van der Waals surface area contributed by atoms with Crippen LogP contribution in [-0.2, 0) is 10.0 Å². The molecule has 5 aromatic rings. The first kappa shape index (κ1) is 18.1. The molecule has 0 unspecified atom stereocenters. The Labute approximate surface area is 171 Å². The minimum atomic E-state index is -3.66. The van der Waals surface area contributed by atoms with E-state index in [0.717, 1.165) is 11.0 Å². The molecule has 0 spiro atoms. The van der Waals surface area contributed by atoms with Crippen LogP contribution >= 0.6 is 0 Å². The largest absolute Gasteiger partial charge is 0.436 e. The average Bonchev–Trinajstić information content (AvgIpc) is 3.26. The van der Waals surface area contributed by atoms with Gasteiger partial charge in [0.05, 0.1) is 15.9 Å². The molecule has 0 aliphatic carbocycles. The second kappa shape index (κ2) is 7.12. The van der Waals surface area contributed by atoms with E-state index in [0.29, 0.717) is 23.0 Å². The highest BCUT2D eigenvalue weighted by molar-refractivity contribution is 7.92. The van der Waals surface area contributed by atoms with Crippen LogP contribution in [-0.4, -0.2) is 28.0 Å². The maximum atomic E-state index is 12.4. The summed E-state index contributed by atoms with van der Waals surface area (Å²) < 4.78 is 35.2. The fourth-order valence-electron chi connectivity index (χ4n) is 3.06. The van der Waals surface area contributed by atoms with Crippen LogP contribution in [0.5, 0.6) is 11.6 Å². The molecule has 0 bridgehead atoms. The van der Waals surface area contributed by atoms with E-state index >= 15 is 0 Å². The first-order chi connectivity index (χ1) is 14.6. The Morgan fingerprint density at radius 2 is 1.60 bits per heavy atom. The summed E-state index contributed by atoms with van der Waals surface area (Å²) in [5, 5.41) is 8.05. The Morgan fingerprint density at radius 3 is 2.40 bits per heavy atom. The van der Waals surface area contributed by atoms with Gasteiger partial charge in [0, 0.05) is 5.69 Å². The lowest BCUT2D eigenvalue weighted by molar-refractivity contribution is 0.467. The van der Waals surface area contributed by atoms with Crippen molar-refractivity contribution in [3.63, 3.8) is 0 Å². The van der Waals surface area contributed by atoms with Gasteiger partial charge in [0.25, 0.3) is 15.9 Å². The number of hydrogen-bond acceptors (Lipinski definition) is 6. The van der Waals surface area contributed by atoms with Crippen molar-refractivity contribution in [1.29, 1.82) is 0 Å². The van der Waals surface area contributed by atoms with Gasteiger partial charge in [-0.1, -0.05) is 30.3 Å². The van der Waals surface area contributed by atoms with Gasteiger partial charge in [0.2, 0.25) is 5.65 Å². The predicted octanol–water partition coefficient (Wildman–Crippen LogP) is 3.87. The molecule has 30 heavy (non-hydrogen) atoms. The topological polar surface area (TPSA) is 98.5 Å². The third-order valence-electron chi connectivity index (χ3n) is 4.48. The van der Waals surface area contributed by atoms with E-state index in [1.54, 1.807) is 53.2 Å². The molecule has 0 saturated heterocycles. The number of ether oxygens (including phenoxy) is 1. The summed E-state index contributed by atoms with van der Waals surface area (Å²) in [4.78, 5) is 4.73. The van der Waals surface area contributed by atoms with E-state index in [-0.39, 0.29) is 4.90 Å². The molecule has 0 atom stereocenters. The van der Waals surface area contributed by atoms with Crippen LogP contribution in [0.25, 0.3) is 16.7 Å². The molecule has 0 amide bonds. The number of benzene rings is 3. The third kappa shape index (κ3) is 3.31. The van der Waals surface area contributed by atoms with Gasteiger partial charge in [-0.3, -0.25) is 9.12 Å². The molecule has 8 nitrogen and oxygen atoms in total. The standard InChI is InChI=1S/C21H15N5O3S/c27-30(28,17-6-2-1-3-7-17)25-15-10-12-16(13-11-15)29-21-20-24-22-14-26(20)19-9-5-4-8-18(19)23-21/h1-14,25H. The summed E-state index contributed by atoms with van der Waals surface area (Å²) >= 11 is 0. The van der Waals surface area contributed by atoms with Crippen LogP contribution in [0.15, 0.2) is 90.1 Å². The molecule has 2 aromatic heterocycles. The predicted molar refractivity (Wildman–Crippen MR) is 112 cm³/mol.